The SMILES string of the molecule is Cc1ccc2c(n1)oc1c(-c3cc(C(C)C)c(C)cn3)cccc12. The molecule has 0 fully saturated rings. The second-order valence-electron chi connectivity index (χ2n) is 6.67. The van der Waals surface area contributed by atoms with Crippen LogP contribution in [0.3, 0.4) is 0 Å². The van der Waals surface area contributed by atoms with E-state index >= 15 is 0 Å². The number of aryl methyl sites for hydroxylation is 2. The van der Waals surface area contributed by atoms with E-state index in [4.69, 9.17) is 4.42 Å². The van der Waals surface area contributed by atoms with Crippen LogP contribution in [0.2, 0.25) is 0 Å². The Morgan fingerprint density at radius 2 is 1.83 bits per heavy atom. The average molecular weight is 316 g/mol. The van der Waals surface area contributed by atoms with Crippen molar-refractivity contribution in [1.82, 2.24) is 9.97 Å². The summed E-state index contributed by atoms with van der Waals surface area (Å²) < 4.78 is 6.10. The van der Waals surface area contributed by atoms with E-state index in [2.05, 4.69) is 61.1 Å². The lowest BCUT2D eigenvalue weighted by molar-refractivity contribution is 0.653. The Hall–Kier alpha value is -2.68. The molecule has 4 rings (SSSR count). The van der Waals surface area contributed by atoms with Crippen LogP contribution in [0.4, 0.5) is 0 Å². The largest absolute Gasteiger partial charge is 0.437 e. The van der Waals surface area contributed by atoms with E-state index in [0.717, 1.165) is 33.3 Å². The summed E-state index contributed by atoms with van der Waals surface area (Å²) in [6.07, 6.45) is 1.95. The molecule has 0 unspecified atom stereocenters. The number of nitrogens with zero attached hydrogens (tertiary/aromatic N) is 2. The van der Waals surface area contributed by atoms with E-state index < -0.39 is 0 Å². The summed E-state index contributed by atoms with van der Waals surface area (Å²) in [7, 11) is 0. The molecule has 0 aliphatic rings. The van der Waals surface area contributed by atoms with Crippen LogP contribution in [0.5, 0.6) is 0 Å². The van der Waals surface area contributed by atoms with Gasteiger partial charge in [-0.05, 0) is 55.2 Å². The first kappa shape index (κ1) is 14.9. The van der Waals surface area contributed by atoms with Gasteiger partial charge >= 0.3 is 0 Å². The lowest BCUT2D eigenvalue weighted by Gasteiger charge is -2.11. The molecule has 0 N–H and O–H groups in total. The number of rotatable bonds is 2. The van der Waals surface area contributed by atoms with Crippen LogP contribution in [0.1, 0.15) is 36.6 Å². The minimum absolute atomic E-state index is 0.464. The van der Waals surface area contributed by atoms with E-state index in [1.54, 1.807) is 0 Å². The molecule has 120 valence electrons. The summed E-state index contributed by atoms with van der Waals surface area (Å²) in [6.45, 7) is 8.51. The molecule has 3 heterocycles. The van der Waals surface area contributed by atoms with Gasteiger partial charge in [0.15, 0.2) is 0 Å². The lowest BCUT2D eigenvalue weighted by atomic mass is 9.97. The fourth-order valence-corrected chi connectivity index (χ4v) is 3.28. The molecule has 0 radical (unpaired) electrons. The van der Waals surface area contributed by atoms with E-state index in [-0.39, 0.29) is 0 Å². The smallest absolute Gasteiger partial charge is 0.227 e. The van der Waals surface area contributed by atoms with Gasteiger partial charge in [-0.3, -0.25) is 4.98 Å². The Labute approximate surface area is 141 Å². The molecule has 0 bridgehead atoms. The molecule has 0 amide bonds. The number of furan rings is 1. The van der Waals surface area contributed by atoms with E-state index in [9.17, 15) is 0 Å². The maximum Gasteiger partial charge on any atom is 0.227 e. The number of benzene rings is 1. The predicted octanol–water partition coefficient (Wildman–Crippen LogP) is 5.78. The summed E-state index contributed by atoms with van der Waals surface area (Å²) >= 11 is 0. The third kappa shape index (κ3) is 2.28. The summed E-state index contributed by atoms with van der Waals surface area (Å²) in [5.41, 5.74) is 7.02. The first-order valence-corrected chi connectivity index (χ1v) is 8.30. The average Bonchev–Trinajstić information content (AvgIpc) is 2.92. The molecule has 0 spiro atoms. The summed E-state index contributed by atoms with van der Waals surface area (Å²) in [4.78, 5) is 9.17. The van der Waals surface area contributed by atoms with Crippen molar-refractivity contribution in [2.24, 2.45) is 0 Å². The molecule has 3 heteroatoms. The van der Waals surface area contributed by atoms with E-state index in [0.29, 0.717) is 11.6 Å². The molecule has 0 saturated heterocycles. The van der Waals surface area contributed by atoms with Crippen molar-refractivity contribution in [3.05, 3.63) is 59.4 Å². The van der Waals surface area contributed by atoms with Crippen LogP contribution < -0.4 is 0 Å². The Morgan fingerprint density at radius 3 is 2.62 bits per heavy atom. The molecular formula is C21H20N2O. The fraction of sp³-hybridized carbons (Fsp3) is 0.238. The first-order valence-electron chi connectivity index (χ1n) is 8.30. The molecule has 0 aliphatic carbocycles. The van der Waals surface area contributed by atoms with Gasteiger partial charge in [0, 0.05) is 28.2 Å². The van der Waals surface area contributed by atoms with Gasteiger partial charge < -0.3 is 4.42 Å². The van der Waals surface area contributed by atoms with Crippen LogP contribution in [0.25, 0.3) is 33.3 Å². The normalized spacial score (nSPS) is 11.7. The highest BCUT2D eigenvalue weighted by molar-refractivity contribution is 6.08. The zero-order chi connectivity index (χ0) is 16.8. The van der Waals surface area contributed by atoms with E-state index in [1.165, 1.54) is 11.1 Å². The molecule has 0 atom stereocenters. The Kier molecular flexibility index (Phi) is 3.38. The topological polar surface area (TPSA) is 38.9 Å². The number of hydrogen-bond donors (Lipinski definition) is 0. The zero-order valence-corrected chi connectivity index (χ0v) is 14.4. The summed E-state index contributed by atoms with van der Waals surface area (Å²) in [6, 6.07) is 12.5. The van der Waals surface area contributed by atoms with Gasteiger partial charge in [-0.1, -0.05) is 26.0 Å². The van der Waals surface area contributed by atoms with Gasteiger partial charge in [0.1, 0.15) is 5.58 Å². The van der Waals surface area contributed by atoms with Crippen molar-refractivity contribution in [3.63, 3.8) is 0 Å². The maximum absolute atomic E-state index is 6.10. The summed E-state index contributed by atoms with van der Waals surface area (Å²) in [5, 5.41) is 2.14. The molecule has 0 aliphatic heterocycles. The standard InChI is InChI=1S/C21H20N2O/c1-12(2)18-10-19(22-11-13(18)3)17-7-5-6-15-16-9-8-14(4)23-21(16)24-20(15)17/h5-12H,1-4H3. The van der Waals surface area contributed by atoms with Crippen molar-refractivity contribution < 1.29 is 4.42 Å². The second kappa shape index (κ2) is 5.45. The minimum atomic E-state index is 0.464. The third-order valence-electron chi connectivity index (χ3n) is 4.55. The van der Waals surface area contributed by atoms with Gasteiger partial charge in [0.2, 0.25) is 5.71 Å². The van der Waals surface area contributed by atoms with Crippen LogP contribution in [0.15, 0.2) is 47.0 Å². The van der Waals surface area contributed by atoms with Crippen molar-refractivity contribution in [3.8, 4) is 11.3 Å². The van der Waals surface area contributed by atoms with Gasteiger partial charge in [-0.25, -0.2) is 4.98 Å². The number of pyridine rings is 2. The molecule has 3 aromatic heterocycles. The maximum atomic E-state index is 6.10. The highest BCUT2D eigenvalue weighted by Gasteiger charge is 2.15. The fourth-order valence-electron chi connectivity index (χ4n) is 3.28. The quantitative estimate of drug-likeness (QED) is 0.470. The van der Waals surface area contributed by atoms with Crippen molar-refractivity contribution in [2.45, 2.75) is 33.6 Å². The Balaban J connectivity index is 2.00. The zero-order valence-electron chi connectivity index (χ0n) is 14.4. The van der Waals surface area contributed by atoms with Crippen molar-refractivity contribution in [2.75, 3.05) is 0 Å². The summed E-state index contributed by atoms with van der Waals surface area (Å²) in [5.74, 6) is 0.464. The van der Waals surface area contributed by atoms with Gasteiger partial charge in [0.05, 0.1) is 5.69 Å². The van der Waals surface area contributed by atoms with Crippen LogP contribution in [-0.2, 0) is 0 Å². The van der Waals surface area contributed by atoms with Crippen LogP contribution in [0, 0.1) is 13.8 Å². The van der Waals surface area contributed by atoms with Gasteiger partial charge in [0.25, 0.3) is 0 Å². The molecular weight excluding hydrogens is 296 g/mol. The van der Waals surface area contributed by atoms with Crippen LogP contribution in [-0.4, -0.2) is 9.97 Å². The third-order valence-corrected chi connectivity index (χ3v) is 4.55. The molecule has 24 heavy (non-hydrogen) atoms. The lowest BCUT2D eigenvalue weighted by Crippen LogP contribution is -1.95. The monoisotopic (exact) mass is 316 g/mol. The Morgan fingerprint density at radius 1 is 1.00 bits per heavy atom. The predicted molar refractivity (Wildman–Crippen MR) is 98.3 cm³/mol. The number of para-hydroxylation sites is 1. The number of aromatic nitrogens is 2. The number of fused-ring (bicyclic) bond motifs is 3. The Bertz CT molecular complexity index is 1060. The highest BCUT2D eigenvalue weighted by atomic mass is 16.3. The van der Waals surface area contributed by atoms with E-state index in [1.807, 2.05) is 19.2 Å². The molecule has 3 nitrogen and oxygen atoms in total. The van der Waals surface area contributed by atoms with Gasteiger partial charge in [-0.2, -0.15) is 0 Å². The molecule has 4 aromatic rings. The van der Waals surface area contributed by atoms with Crippen molar-refractivity contribution in [1.29, 1.82) is 0 Å². The second-order valence-corrected chi connectivity index (χ2v) is 6.67. The van der Waals surface area contributed by atoms with Crippen LogP contribution >= 0.6 is 0 Å². The van der Waals surface area contributed by atoms with Crippen molar-refractivity contribution >= 4 is 22.1 Å². The number of hydrogen-bond acceptors (Lipinski definition) is 3. The first-order chi connectivity index (χ1) is 11.5. The highest BCUT2D eigenvalue weighted by Crippen LogP contribution is 2.35. The van der Waals surface area contributed by atoms with Gasteiger partial charge in [-0.15, -0.1) is 0 Å². The minimum Gasteiger partial charge on any atom is -0.437 e. The molecule has 0 saturated carbocycles. The molecule has 1 aromatic carbocycles.